The van der Waals surface area contributed by atoms with E-state index in [1.54, 1.807) is 47.0 Å². The van der Waals surface area contributed by atoms with Crippen LogP contribution in [0.4, 0.5) is 0 Å². The normalized spacial score (nSPS) is 11.8. The molecule has 0 saturated carbocycles. The Morgan fingerprint density at radius 3 is 1.04 bits per heavy atom. The predicted molar refractivity (Wildman–Crippen MR) is 115 cm³/mol. The highest BCUT2D eigenvalue weighted by Crippen LogP contribution is 2.45. The molecule has 0 bridgehead atoms. The lowest BCUT2D eigenvalue weighted by Gasteiger charge is -2.29. The summed E-state index contributed by atoms with van der Waals surface area (Å²) in [5.41, 5.74) is 2.07. The Bertz CT molecular complexity index is 659. The van der Waals surface area contributed by atoms with Crippen molar-refractivity contribution >= 4 is 47.0 Å². The van der Waals surface area contributed by atoms with Crippen LogP contribution >= 0.6 is 47.0 Å². The summed E-state index contributed by atoms with van der Waals surface area (Å²) < 4.78 is 0. The Morgan fingerprint density at radius 1 is 0.600 bits per heavy atom. The molecule has 0 aliphatic carbocycles. The van der Waals surface area contributed by atoms with E-state index in [1.165, 1.54) is 0 Å². The van der Waals surface area contributed by atoms with Gasteiger partial charge in [0.2, 0.25) is 0 Å². The van der Waals surface area contributed by atoms with Crippen molar-refractivity contribution in [3.63, 3.8) is 0 Å². The van der Waals surface area contributed by atoms with E-state index in [9.17, 15) is 10.2 Å². The van der Waals surface area contributed by atoms with Crippen molar-refractivity contribution < 1.29 is 10.2 Å². The molecule has 0 radical (unpaired) electrons. The molecule has 0 heterocycles. The van der Waals surface area contributed by atoms with Crippen molar-refractivity contribution in [3.05, 3.63) is 35.4 Å². The lowest BCUT2D eigenvalue weighted by Crippen LogP contribution is -2.19. The SMILES string of the molecule is CSc1cc(C(C)(C)c2cc(SC)c(O)c(SC)c2)cc(SC)c1O. The molecule has 0 aliphatic rings. The molecule has 0 atom stereocenters. The second kappa shape index (κ2) is 8.42. The van der Waals surface area contributed by atoms with Crippen LogP contribution in [0.15, 0.2) is 43.8 Å². The Morgan fingerprint density at radius 2 is 0.840 bits per heavy atom. The summed E-state index contributed by atoms with van der Waals surface area (Å²) in [5, 5.41) is 20.7. The third-order valence-corrected chi connectivity index (χ3v) is 7.41. The van der Waals surface area contributed by atoms with E-state index >= 15 is 0 Å². The van der Waals surface area contributed by atoms with Crippen molar-refractivity contribution in [1.29, 1.82) is 0 Å². The highest BCUT2D eigenvalue weighted by Gasteiger charge is 2.27. The third kappa shape index (κ3) is 4.07. The van der Waals surface area contributed by atoms with Crippen LogP contribution in [0.25, 0.3) is 0 Å². The van der Waals surface area contributed by atoms with Crippen LogP contribution in [0.1, 0.15) is 25.0 Å². The molecule has 136 valence electrons. The number of aromatic hydroxyl groups is 2. The molecule has 0 spiro atoms. The number of hydrogen-bond donors (Lipinski definition) is 2. The van der Waals surface area contributed by atoms with Crippen LogP contribution in [-0.2, 0) is 5.41 Å². The molecule has 2 aromatic carbocycles. The molecular formula is C19H24O2S4. The van der Waals surface area contributed by atoms with Gasteiger partial charge in [0, 0.05) is 5.41 Å². The summed E-state index contributed by atoms with van der Waals surface area (Å²) in [4.78, 5) is 3.57. The summed E-state index contributed by atoms with van der Waals surface area (Å²) in [7, 11) is 0. The summed E-state index contributed by atoms with van der Waals surface area (Å²) in [6, 6.07) is 8.29. The first-order chi connectivity index (χ1) is 11.8. The van der Waals surface area contributed by atoms with Crippen molar-refractivity contribution in [2.75, 3.05) is 25.0 Å². The van der Waals surface area contributed by atoms with E-state index in [-0.39, 0.29) is 5.41 Å². The Labute approximate surface area is 167 Å². The fraction of sp³-hybridized carbons (Fsp3) is 0.368. The van der Waals surface area contributed by atoms with Crippen LogP contribution in [0, 0.1) is 0 Å². The molecule has 0 amide bonds. The van der Waals surface area contributed by atoms with Gasteiger partial charge in [-0.2, -0.15) is 0 Å². The number of rotatable bonds is 6. The van der Waals surface area contributed by atoms with Crippen LogP contribution < -0.4 is 0 Å². The first-order valence-corrected chi connectivity index (χ1v) is 12.6. The minimum atomic E-state index is -0.245. The number of benzene rings is 2. The molecule has 2 nitrogen and oxygen atoms in total. The van der Waals surface area contributed by atoms with Crippen molar-refractivity contribution in [2.24, 2.45) is 0 Å². The Kier molecular flexibility index (Phi) is 6.99. The van der Waals surface area contributed by atoms with E-state index in [2.05, 4.69) is 38.1 Å². The summed E-state index contributed by atoms with van der Waals surface area (Å²) >= 11 is 6.23. The van der Waals surface area contributed by atoms with E-state index in [0.717, 1.165) is 30.7 Å². The maximum atomic E-state index is 10.4. The topological polar surface area (TPSA) is 40.5 Å². The third-order valence-electron chi connectivity index (χ3n) is 4.40. The van der Waals surface area contributed by atoms with Crippen molar-refractivity contribution in [2.45, 2.75) is 38.8 Å². The highest BCUT2D eigenvalue weighted by atomic mass is 32.2. The quantitative estimate of drug-likeness (QED) is 0.542. The molecule has 0 aromatic heterocycles. The minimum absolute atomic E-state index is 0.245. The first-order valence-electron chi connectivity index (χ1n) is 7.71. The van der Waals surface area contributed by atoms with Gasteiger partial charge in [-0.1, -0.05) is 13.8 Å². The fourth-order valence-corrected chi connectivity index (χ4v) is 5.00. The van der Waals surface area contributed by atoms with Crippen LogP contribution in [0.3, 0.4) is 0 Å². The molecule has 25 heavy (non-hydrogen) atoms. The molecule has 2 aromatic rings. The molecule has 0 fully saturated rings. The van der Waals surface area contributed by atoms with Crippen LogP contribution in [0.5, 0.6) is 11.5 Å². The Balaban J connectivity index is 2.66. The highest BCUT2D eigenvalue weighted by molar-refractivity contribution is 8.00. The average molecular weight is 413 g/mol. The van der Waals surface area contributed by atoms with E-state index < -0.39 is 0 Å². The zero-order chi connectivity index (χ0) is 18.8. The first kappa shape index (κ1) is 20.7. The van der Waals surface area contributed by atoms with Gasteiger partial charge < -0.3 is 10.2 Å². The largest absolute Gasteiger partial charge is 0.506 e. The van der Waals surface area contributed by atoms with Gasteiger partial charge in [0.05, 0.1) is 19.6 Å². The second-order valence-corrected chi connectivity index (χ2v) is 9.48. The predicted octanol–water partition coefficient (Wildman–Crippen LogP) is 6.31. The smallest absolute Gasteiger partial charge is 0.142 e. The van der Waals surface area contributed by atoms with Gasteiger partial charge in [-0.15, -0.1) is 47.0 Å². The van der Waals surface area contributed by atoms with E-state index in [1.807, 2.05) is 25.0 Å². The van der Waals surface area contributed by atoms with Crippen LogP contribution in [-0.4, -0.2) is 35.2 Å². The second-order valence-electron chi connectivity index (χ2n) is 6.08. The van der Waals surface area contributed by atoms with Gasteiger partial charge in [-0.05, 0) is 60.4 Å². The molecule has 0 saturated heterocycles. The summed E-state index contributed by atoms with van der Waals surface area (Å²) in [6.07, 6.45) is 7.92. The molecule has 2 N–H and O–H groups in total. The average Bonchev–Trinajstić information content (AvgIpc) is 2.61. The zero-order valence-corrected chi connectivity index (χ0v) is 18.6. The fourth-order valence-electron chi connectivity index (χ4n) is 2.68. The van der Waals surface area contributed by atoms with E-state index in [4.69, 9.17) is 0 Å². The molecule has 0 unspecified atom stereocenters. The number of phenols is 2. The monoisotopic (exact) mass is 412 g/mol. The Hall–Kier alpha value is -0.560. The molecule has 2 rings (SSSR count). The molecule has 0 aliphatic heterocycles. The van der Waals surface area contributed by atoms with Gasteiger partial charge in [-0.25, -0.2) is 0 Å². The lowest BCUT2D eigenvalue weighted by molar-refractivity contribution is 0.446. The van der Waals surface area contributed by atoms with Crippen LogP contribution in [0.2, 0.25) is 0 Å². The van der Waals surface area contributed by atoms with Gasteiger partial charge in [0.25, 0.3) is 0 Å². The lowest BCUT2D eigenvalue weighted by atomic mass is 9.78. The maximum Gasteiger partial charge on any atom is 0.142 e. The molecular weight excluding hydrogens is 388 g/mol. The molecule has 6 heteroatoms. The maximum absolute atomic E-state index is 10.4. The minimum Gasteiger partial charge on any atom is -0.506 e. The number of thioether (sulfide) groups is 4. The van der Waals surface area contributed by atoms with Gasteiger partial charge in [-0.3, -0.25) is 0 Å². The van der Waals surface area contributed by atoms with Crippen molar-refractivity contribution in [3.8, 4) is 11.5 Å². The standard InChI is InChI=1S/C19H24O2S4/c1-19(2,11-7-13(22-3)17(20)14(8-11)23-4)12-9-15(24-5)18(21)16(10-12)25-6/h7-10,20-21H,1-6H3. The van der Waals surface area contributed by atoms with Gasteiger partial charge in [0.15, 0.2) is 0 Å². The summed E-state index contributed by atoms with van der Waals surface area (Å²) in [6.45, 7) is 4.38. The summed E-state index contributed by atoms with van der Waals surface area (Å²) in [5.74, 6) is 0.722. The zero-order valence-electron chi connectivity index (χ0n) is 15.3. The number of hydrogen-bond acceptors (Lipinski definition) is 6. The van der Waals surface area contributed by atoms with Gasteiger partial charge in [0.1, 0.15) is 11.5 Å². The number of phenolic OH excluding ortho intramolecular Hbond substituents is 2. The van der Waals surface area contributed by atoms with Crippen molar-refractivity contribution in [1.82, 2.24) is 0 Å². The van der Waals surface area contributed by atoms with Gasteiger partial charge >= 0.3 is 0 Å². The van der Waals surface area contributed by atoms with E-state index in [0.29, 0.717) is 11.5 Å².